The number of aryl methyl sites for hydroxylation is 1. The van der Waals surface area contributed by atoms with Gasteiger partial charge in [0.15, 0.2) is 0 Å². The molecule has 0 radical (unpaired) electrons. The van der Waals surface area contributed by atoms with Gasteiger partial charge in [-0.2, -0.15) is 0 Å². The summed E-state index contributed by atoms with van der Waals surface area (Å²) in [6.07, 6.45) is 0. The van der Waals surface area contributed by atoms with Gasteiger partial charge in [-0.3, -0.25) is 9.59 Å². The lowest BCUT2D eigenvalue weighted by Crippen LogP contribution is -2.48. The van der Waals surface area contributed by atoms with E-state index in [4.69, 9.17) is 0 Å². The van der Waals surface area contributed by atoms with Crippen LogP contribution in [0.2, 0.25) is 0 Å². The molecule has 114 valence electrons. The summed E-state index contributed by atoms with van der Waals surface area (Å²) in [5.41, 5.74) is 2.23. The summed E-state index contributed by atoms with van der Waals surface area (Å²) in [6.45, 7) is 8.12. The molecule has 0 aromatic heterocycles. The summed E-state index contributed by atoms with van der Waals surface area (Å²) in [5.74, 6) is 0.262. The minimum atomic E-state index is -0.121. The highest BCUT2D eigenvalue weighted by atomic mass is 16.2. The Morgan fingerprint density at radius 1 is 1.38 bits per heavy atom. The summed E-state index contributed by atoms with van der Waals surface area (Å²) in [7, 11) is 0. The molecule has 1 atom stereocenters. The first-order chi connectivity index (χ1) is 10.0. The van der Waals surface area contributed by atoms with Crippen molar-refractivity contribution in [2.45, 2.75) is 20.8 Å². The largest absolute Gasteiger partial charge is 0.352 e. The van der Waals surface area contributed by atoms with Crippen LogP contribution in [0.5, 0.6) is 0 Å². The van der Waals surface area contributed by atoms with Crippen LogP contribution in [0.15, 0.2) is 18.2 Å². The lowest BCUT2D eigenvalue weighted by atomic mass is 9.88. The summed E-state index contributed by atoms with van der Waals surface area (Å²) >= 11 is 0. The molecule has 1 aliphatic heterocycles. The molecular formula is C16H23N3O2. The Morgan fingerprint density at radius 3 is 2.67 bits per heavy atom. The maximum absolute atomic E-state index is 12.3. The summed E-state index contributed by atoms with van der Waals surface area (Å²) < 4.78 is 0. The zero-order chi connectivity index (χ0) is 15.4. The van der Waals surface area contributed by atoms with Crippen LogP contribution in [-0.2, 0) is 4.79 Å². The van der Waals surface area contributed by atoms with E-state index < -0.39 is 0 Å². The first-order valence-corrected chi connectivity index (χ1v) is 7.43. The van der Waals surface area contributed by atoms with E-state index in [1.54, 1.807) is 12.1 Å². The molecule has 1 aromatic carbocycles. The van der Waals surface area contributed by atoms with Crippen LogP contribution in [0.25, 0.3) is 0 Å². The van der Waals surface area contributed by atoms with Gasteiger partial charge in [0.25, 0.3) is 5.91 Å². The van der Waals surface area contributed by atoms with Crippen LogP contribution in [-0.4, -0.2) is 31.4 Å². The average Bonchev–Trinajstić information content (AvgIpc) is 2.39. The lowest BCUT2D eigenvalue weighted by molar-refractivity contribution is -0.121. The molecule has 2 amide bonds. The zero-order valence-electron chi connectivity index (χ0n) is 12.8. The predicted molar refractivity (Wildman–Crippen MR) is 83.3 cm³/mol. The molecule has 21 heavy (non-hydrogen) atoms. The summed E-state index contributed by atoms with van der Waals surface area (Å²) in [4.78, 5) is 24.1. The van der Waals surface area contributed by atoms with E-state index in [9.17, 15) is 9.59 Å². The van der Waals surface area contributed by atoms with Gasteiger partial charge in [-0.25, -0.2) is 0 Å². The summed E-state index contributed by atoms with van der Waals surface area (Å²) in [6, 6.07) is 5.37. The molecule has 1 fully saturated rings. The van der Waals surface area contributed by atoms with Gasteiger partial charge in [0, 0.05) is 23.7 Å². The molecule has 1 saturated heterocycles. The predicted octanol–water partition coefficient (Wildman–Crippen LogP) is 1.54. The topological polar surface area (TPSA) is 70.2 Å². The third-order valence-corrected chi connectivity index (χ3v) is 4.03. The van der Waals surface area contributed by atoms with Crippen LogP contribution in [0.1, 0.15) is 29.8 Å². The third-order valence-electron chi connectivity index (χ3n) is 4.03. The van der Waals surface area contributed by atoms with E-state index in [1.165, 1.54) is 0 Å². The Balaban J connectivity index is 2.09. The molecule has 1 heterocycles. The van der Waals surface area contributed by atoms with E-state index in [0.29, 0.717) is 23.7 Å². The Hall–Kier alpha value is -1.88. The van der Waals surface area contributed by atoms with Gasteiger partial charge >= 0.3 is 0 Å². The lowest BCUT2D eigenvalue weighted by Gasteiger charge is -2.31. The van der Waals surface area contributed by atoms with Crippen molar-refractivity contribution in [3.63, 3.8) is 0 Å². The number of amides is 2. The molecule has 0 saturated carbocycles. The van der Waals surface area contributed by atoms with Gasteiger partial charge in [0.05, 0.1) is 0 Å². The van der Waals surface area contributed by atoms with Crippen LogP contribution in [0.4, 0.5) is 5.69 Å². The first-order valence-electron chi connectivity index (χ1n) is 7.43. The van der Waals surface area contributed by atoms with Crippen molar-refractivity contribution >= 4 is 17.5 Å². The molecule has 2 rings (SSSR count). The highest BCUT2D eigenvalue weighted by Crippen LogP contribution is 2.21. The van der Waals surface area contributed by atoms with Crippen molar-refractivity contribution < 1.29 is 9.59 Å². The molecule has 5 nitrogen and oxygen atoms in total. The van der Waals surface area contributed by atoms with Crippen molar-refractivity contribution in [1.29, 1.82) is 0 Å². The number of hydrogen-bond donors (Lipinski definition) is 3. The first kappa shape index (κ1) is 15.5. The Labute approximate surface area is 125 Å². The number of anilines is 1. The highest BCUT2D eigenvalue weighted by Gasteiger charge is 2.28. The maximum atomic E-state index is 12.3. The second-order valence-electron chi connectivity index (χ2n) is 5.59. The monoisotopic (exact) mass is 289 g/mol. The van der Waals surface area contributed by atoms with Gasteiger partial charge < -0.3 is 16.0 Å². The Morgan fingerprint density at radius 2 is 2.10 bits per heavy atom. The zero-order valence-corrected chi connectivity index (χ0v) is 12.8. The summed E-state index contributed by atoms with van der Waals surface area (Å²) in [5, 5.41) is 8.89. The van der Waals surface area contributed by atoms with Crippen molar-refractivity contribution in [2.75, 3.05) is 25.0 Å². The molecule has 3 N–H and O–H groups in total. The highest BCUT2D eigenvalue weighted by molar-refractivity contribution is 5.98. The Kier molecular flexibility index (Phi) is 4.96. The number of hydrogen-bond acceptors (Lipinski definition) is 3. The number of nitrogens with one attached hydrogen (secondary N) is 3. The molecule has 0 spiro atoms. The standard InChI is InChI=1S/C16H23N3O2/c1-4-18-16(21)12-6-5-10(2)14(7-12)19-15(20)11(3)13-8-17-9-13/h5-7,11,13,17H,4,8-9H2,1-3H3,(H,18,21)(H,19,20). The van der Waals surface area contributed by atoms with E-state index >= 15 is 0 Å². The van der Waals surface area contributed by atoms with Crippen LogP contribution in [0.3, 0.4) is 0 Å². The van der Waals surface area contributed by atoms with Crippen molar-refractivity contribution in [1.82, 2.24) is 10.6 Å². The molecule has 1 aliphatic rings. The van der Waals surface area contributed by atoms with Gasteiger partial charge in [-0.1, -0.05) is 13.0 Å². The molecule has 1 aromatic rings. The Bertz CT molecular complexity index is 538. The number of rotatable bonds is 5. The van der Waals surface area contributed by atoms with E-state index in [-0.39, 0.29) is 17.7 Å². The quantitative estimate of drug-likeness (QED) is 0.770. The third kappa shape index (κ3) is 3.61. The fourth-order valence-corrected chi connectivity index (χ4v) is 2.29. The minimum Gasteiger partial charge on any atom is -0.352 e. The minimum absolute atomic E-state index is 0.0117. The number of benzene rings is 1. The van der Waals surface area contributed by atoms with Crippen molar-refractivity contribution in [2.24, 2.45) is 11.8 Å². The molecule has 0 bridgehead atoms. The van der Waals surface area contributed by atoms with Gasteiger partial charge in [0.2, 0.25) is 5.91 Å². The van der Waals surface area contributed by atoms with Crippen molar-refractivity contribution in [3.8, 4) is 0 Å². The molecule has 1 unspecified atom stereocenters. The second-order valence-corrected chi connectivity index (χ2v) is 5.59. The molecule has 5 heteroatoms. The number of carbonyl (C=O) groups excluding carboxylic acids is 2. The van der Waals surface area contributed by atoms with E-state index in [0.717, 1.165) is 18.7 Å². The van der Waals surface area contributed by atoms with Crippen LogP contribution < -0.4 is 16.0 Å². The van der Waals surface area contributed by atoms with Gasteiger partial charge in [0.1, 0.15) is 0 Å². The fourth-order valence-electron chi connectivity index (χ4n) is 2.29. The van der Waals surface area contributed by atoms with Gasteiger partial charge in [-0.15, -0.1) is 0 Å². The normalized spacial score (nSPS) is 16.0. The maximum Gasteiger partial charge on any atom is 0.251 e. The van der Waals surface area contributed by atoms with Crippen LogP contribution >= 0.6 is 0 Å². The fraction of sp³-hybridized carbons (Fsp3) is 0.500. The average molecular weight is 289 g/mol. The van der Waals surface area contributed by atoms with Crippen LogP contribution in [0, 0.1) is 18.8 Å². The second kappa shape index (κ2) is 6.72. The van der Waals surface area contributed by atoms with E-state index in [1.807, 2.05) is 26.8 Å². The van der Waals surface area contributed by atoms with Gasteiger partial charge in [-0.05, 0) is 50.6 Å². The SMILES string of the molecule is CCNC(=O)c1ccc(C)c(NC(=O)C(C)C2CNC2)c1. The molecule has 0 aliphatic carbocycles. The number of carbonyl (C=O) groups is 2. The van der Waals surface area contributed by atoms with E-state index in [2.05, 4.69) is 16.0 Å². The van der Waals surface area contributed by atoms with Crippen molar-refractivity contribution in [3.05, 3.63) is 29.3 Å². The molecular weight excluding hydrogens is 266 g/mol. The smallest absolute Gasteiger partial charge is 0.251 e.